The second-order valence-electron chi connectivity index (χ2n) is 8.46. The van der Waals surface area contributed by atoms with Gasteiger partial charge >= 0.3 is 5.97 Å². The van der Waals surface area contributed by atoms with E-state index in [4.69, 9.17) is 9.47 Å². The van der Waals surface area contributed by atoms with Crippen LogP contribution in [-0.4, -0.2) is 105 Å². The van der Waals surface area contributed by atoms with Gasteiger partial charge in [-0.25, -0.2) is 8.42 Å². The summed E-state index contributed by atoms with van der Waals surface area (Å²) in [7, 11) is -2.68. The molecule has 0 spiro atoms. The minimum absolute atomic E-state index is 0.00321. The summed E-state index contributed by atoms with van der Waals surface area (Å²) in [5.74, 6) is -0.657. The van der Waals surface area contributed by atoms with Crippen molar-refractivity contribution in [3.63, 3.8) is 0 Å². The summed E-state index contributed by atoms with van der Waals surface area (Å²) in [6.07, 6.45) is -0.604. The lowest BCUT2D eigenvalue weighted by atomic mass is 10.1. The van der Waals surface area contributed by atoms with Gasteiger partial charge in [-0.3, -0.25) is 14.5 Å². The highest BCUT2D eigenvalue weighted by Crippen LogP contribution is 2.24. The summed E-state index contributed by atoms with van der Waals surface area (Å²) in [6.45, 7) is 5.40. The maximum absolute atomic E-state index is 13.5. The van der Waals surface area contributed by atoms with E-state index >= 15 is 0 Å². The van der Waals surface area contributed by atoms with Gasteiger partial charge in [0.15, 0.2) is 0 Å². The van der Waals surface area contributed by atoms with E-state index < -0.39 is 22.1 Å². The molecule has 1 aromatic carbocycles. The molecule has 1 fully saturated rings. The van der Waals surface area contributed by atoms with E-state index in [9.17, 15) is 28.0 Å². The van der Waals surface area contributed by atoms with Crippen molar-refractivity contribution >= 4 is 28.2 Å². The Bertz CT molecular complexity index is 965. The number of ether oxygens (including phenoxy) is 2. The zero-order valence-corrected chi connectivity index (χ0v) is 21.8. The van der Waals surface area contributed by atoms with Crippen molar-refractivity contribution in [1.29, 1.82) is 0 Å². The van der Waals surface area contributed by atoms with Crippen molar-refractivity contribution in [2.75, 3.05) is 53.0 Å². The van der Waals surface area contributed by atoms with Crippen LogP contribution in [0.1, 0.15) is 26.7 Å². The summed E-state index contributed by atoms with van der Waals surface area (Å²) in [5, 5.41) is 9.81. The number of nitrogens with one attached hydrogen (secondary N) is 1. The van der Waals surface area contributed by atoms with E-state index in [-0.39, 0.29) is 42.7 Å². The molecule has 1 heterocycles. The second-order valence-corrected chi connectivity index (χ2v) is 10.3. The lowest BCUT2D eigenvalue weighted by Crippen LogP contribution is -2.53. The minimum Gasteiger partial charge on any atom is -0.497 e. The third-order valence-corrected chi connectivity index (χ3v) is 7.94. The van der Waals surface area contributed by atoms with Gasteiger partial charge < -0.3 is 24.4 Å². The highest BCUT2D eigenvalue weighted by Gasteiger charge is 2.35. The molecule has 202 valence electrons. The summed E-state index contributed by atoms with van der Waals surface area (Å²) in [6, 6.07) is 5.76. The molecule has 1 aliphatic heterocycles. The standard InChI is InChI=1S/C23H36N4O8S/c1-4-35-22(30)17-25-12-14-26(15-13-25)21(29)9-11-27(23(24-31)18(2)10-16-28)36(32,33)20-7-5-19(34-3)6-8-20/h5-8,16,18,23-24,31H,4,9-15,17H2,1-3H3. The summed E-state index contributed by atoms with van der Waals surface area (Å²) >= 11 is 0. The Labute approximate surface area is 212 Å². The number of carbonyl (C=O) groups is 3. The number of piperazine rings is 1. The molecular weight excluding hydrogens is 492 g/mol. The Balaban J connectivity index is 2.13. The molecule has 0 radical (unpaired) electrons. The average Bonchev–Trinajstić information content (AvgIpc) is 2.86. The molecule has 1 aliphatic rings. The van der Waals surface area contributed by atoms with Gasteiger partial charge in [-0.05, 0) is 37.1 Å². The third kappa shape index (κ3) is 7.96. The van der Waals surface area contributed by atoms with Crippen LogP contribution in [0, 0.1) is 5.92 Å². The van der Waals surface area contributed by atoms with Crippen LogP contribution in [0.15, 0.2) is 29.2 Å². The number of sulfonamides is 1. The molecule has 2 N–H and O–H groups in total. The minimum atomic E-state index is -4.15. The number of esters is 1. The van der Waals surface area contributed by atoms with Crippen LogP contribution in [0.4, 0.5) is 0 Å². The van der Waals surface area contributed by atoms with E-state index in [0.717, 1.165) is 4.31 Å². The first-order chi connectivity index (χ1) is 17.2. The van der Waals surface area contributed by atoms with Gasteiger partial charge in [0.05, 0.1) is 25.2 Å². The van der Waals surface area contributed by atoms with E-state index in [2.05, 4.69) is 0 Å². The van der Waals surface area contributed by atoms with Crippen molar-refractivity contribution in [3.8, 4) is 5.75 Å². The number of hydrogen-bond donors (Lipinski definition) is 2. The highest BCUT2D eigenvalue weighted by molar-refractivity contribution is 7.89. The molecule has 2 rings (SSSR count). The molecule has 0 bridgehead atoms. The monoisotopic (exact) mass is 528 g/mol. The van der Waals surface area contributed by atoms with Gasteiger partial charge in [-0.1, -0.05) is 6.92 Å². The smallest absolute Gasteiger partial charge is 0.320 e. The fraction of sp³-hybridized carbons (Fsp3) is 0.609. The summed E-state index contributed by atoms with van der Waals surface area (Å²) < 4.78 is 38.1. The first-order valence-electron chi connectivity index (χ1n) is 11.8. The Kier molecular flexibility index (Phi) is 11.7. The molecule has 0 saturated carbocycles. The Hall–Kier alpha value is -2.58. The third-order valence-electron chi connectivity index (χ3n) is 6.04. The van der Waals surface area contributed by atoms with Crippen LogP contribution in [0.5, 0.6) is 5.75 Å². The van der Waals surface area contributed by atoms with Gasteiger partial charge in [-0.2, -0.15) is 9.79 Å². The number of carbonyl (C=O) groups excluding carboxylic acids is 3. The molecule has 13 heteroatoms. The molecule has 2 unspecified atom stereocenters. The highest BCUT2D eigenvalue weighted by atomic mass is 32.2. The Morgan fingerprint density at radius 1 is 1.19 bits per heavy atom. The van der Waals surface area contributed by atoms with Crippen molar-refractivity contribution in [3.05, 3.63) is 24.3 Å². The van der Waals surface area contributed by atoms with E-state index in [0.29, 0.717) is 44.8 Å². The zero-order valence-electron chi connectivity index (χ0n) is 21.0. The van der Waals surface area contributed by atoms with Crippen LogP contribution < -0.4 is 10.2 Å². The number of hydrogen-bond acceptors (Lipinski definition) is 10. The SMILES string of the molecule is CCOC(=O)CN1CCN(C(=O)CCN(C(NO)C(C)CC=O)S(=O)(=O)c2ccc(OC)cc2)CC1. The van der Waals surface area contributed by atoms with Gasteiger partial charge in [-0.15, -0.1) is 0 Å². The maximum atomic E-state index is 13.5. The molecule has 36 heavy (non-hydrogen) atoms. The van der Waals surface area contributed by atoms with Crippen molar-refractivity contribution < 1.29 is 37.5 Å². The normalized spacial score (nSPS) is 16.4. The van der Waals surface area contributed by atoms with Crippen LogP contribution >= 0.6 is 0 Å². The number of aldehydes is 1. The summed E-state index contributed by atoms with van der Waals surface area (Å²) in [4.78, 5) is 39.2. The number of methoxy groups -OCH3 is 1. The Morgan fingerprint density at radius 2 is 1.83 bits per heavy atom. The molecule has 2 atom stereocenters. The summed E-state index contributed by atoms with van der Waals surface area (Å²) in [5.41, 5.74) is 2.01. The predicted molar refractivity (Wildman–Crippen MR) is 130 cm³/mol. The largest absolute Gasteiger partial charge is 0.497 e. The molecule has 1 amide bonds. The first-order valence-corrected chi connectivity index (χ1v) is 13.3. The Morgan fingerprint density at radius 3 is 2.36 bits per heavy atom. The lowest BCUT2D eigenvalue weighted by Gasteiger charge is -2.36. The molecule has 0 aliphatic carbocycles. The maximum Gasteiger partial charge on any atom is 0.320 e. The number of benzene rings is 1. The fourth-order valence-electron chi connectivity index (χ4n) is 3.96. The van der Waals surface area contributed by atoms with Crippen molar-refractivity contribution in [1.82, 2.24) is 19.6 Å². The van der Waals surface area contributed by atoms with Crippen LogP contribution in [0.3, 0.4) is 0 Å². The molecular formula is C23H36N4O8S. The van der Waals surface area contributed by atoms with Gasteiger partial charge in [0.2, 0.25) is 15.9 Å². The quantitative estimate of drug-likeness (QED) is 0.150. The van der Waals surface area contributed by atoms with Gasteiger partial charge in [0.25, 0.3) is 0 Å². The number of rotatable bonds is 14. The molecule has 1 saturated heterocycles. The fourth-order valence-corrected chi connectivity index (χ4v) is 5.59. The van der Waals surface area contributed by atoms with E-state index in [1.807, 2.05) is 10.4 Å². The lowest BCUT2D eigenvalue weighted by molar-refractivity contribution is -0.145. The number of amides is 1. The zero-order chi connectivity index (χ0) is 26.7. The van der Waals surface area contributed by atoms with Crippen LogP contribution in [0.2, 0.25) is 0 Å². The predicted octanol–water partition coefficient (Wildman–Crippen LogP) is 0.313. The van der Waals surface area contributed by atoms with E-state index in [1.54, 1.807) is 18.7 Å². The molecule has 1 aromatic rings. The van der Waals surface area contributed by atoms with Crippen molar-refractivity contribution in [2.24, 2.45) is 5.92 Å². The molecule has 0 aromatic heterocycles. The van der Waals surface area contributed by atoms with Gasteiger partial charge in [0, 0.05) is 45.6 Å². The number of nitrogens with zero attached hydrogens (tertiary/aromatic N) is 3. The van der Waals surface area contributed by atoms with Gasteiger partial charge in [0.1, 0.15) is 18.2 Å². The number of hydroxylamine groups is 1. The average molecular weight is 529 g/mol. The van der Waals surface area contributed by atoms with Crippen molar-refractivity contribution in [2.45, 2.75) is 37.8 Å². The topological polar surface area (TPSA) is 146 Å². The first kappa shape index (κ1) is 29.6. The van der Waals surface area contributed by atoms with Crippen LogP contribution in [0.25, 0.3) is 0 Å². The second kappa shape index (κ2) is 14.2. The van der Waals surface area contributed by atoms with Crippen LogP contribution in [-0.2, 0) is 29.1 Å². The van der Waals surface area contributed by atoms with E-state index in [1.165, 1.54) is 31.4 Å². The molecule has 12 nitrogen and oxygen atoms in total.